The number of pyridine rings is 1. The zero-order valence-electron chi connectivity index (χ0n) is 15.4. The van der Waals surface area contributed by atoms with Gasteiger partial charge in [-0.25, -0.2) is 0 Å². The second-order valence-electron chi connectivity index (χ2n) is 6.47. The van der Waals surface area contributed by atoms with E-state index in [2.05, 4.69) is 45.7 Å². The summed E-state index contributed by atoms with van der Waals surface area (Å²) in [7, 11) is 1.77. The van der Waals surface area contributed by atoms with Crippen molar-refractivity contribution in [1.29, 1.82) is 0 Å². The lowest BCUT2D eigenvalue weighted by molar-refractivity contribution is 0.296. The summed E-state index contributed by atoms with van der Waals surface area (Å²) < 4.78 is 6.03. The van der Waals surface area contributed by atoms with Gasteiger partial charge in [-0.05, 0) is 49.4 Å². The van der Waals surface area contributed by atoms with Crippen LogP contribution < -0.4 is 15.4 Å². The van der Waals surface area contributed by atoms with E-state index in [9.17, 15) is 0 Å². The zero-order chi connectivity index (χ0) is 17.5. The molecule has 1 fully saturated rings. The number of aromatic nitrogens is 1. The molecule has 0 unspecified atom stereocenters. The van der Waals surface area contributed by atoms with E-state index in [0.717, 1.165) is 35.5 Å². The summed E-state index contributed by atoms with van der Waals surface area (Å²) in [5, 5.41) is 6.63. The molecular formula is C20H27IN4O. The first-order valence-electron chi connectivity index (χ1n) is 8.81. The molecule has 1 aromatic carbocycles. The molecule has 1 aliphatic carbocycles. The highest BCUT2D eigenvalue weighted by atomic mass is 127. The zero-order valence-corrected chi connectivity index (χ0v) is 17.7. The summed E-state index contributed by atoms with van der Waals surface area (Å²) >= 11 is 0. The molecule has 2 N–H and O–H groups in total. The molecule has 6 heteroatoms. The smallest absolute Gasteiger partial charge is 0.191 e. The largest absolute Gasteiger partial charge is 0.493 e. The lowest BCUT2D eigenvalue weighted by Gasteiger charge is -2.15. The Kier molecular flexibility index (Phi) is 8.15. The van der Waals surface area contributed by atoms with Crippen molar-refractivity contribution >= 4 is 29.9 Å². The molecule has 1 aromatic heterocycles. The molecule has 5 nitrogen and oxygen atoms in total. The number of guanidine groups is 1. The third-order valence-corrected chi connectivity index (χ3v) is 4.23. The highest BCUT2D eigenvalue weighted by molar-refractivity contribution is 14.0. The monoisotopic (exact) mass is 466 g/mol. The number of halogens is 1. The van der Waals surface area contributed by atoms with Gasteiger partial charge < -0.3 is 15.4 Å². The van der Waals surface area contributed by atoms with Crippen molar-refractivity contribution in [3.8, 4) is 5.75 Å². The number of ether oxygens (including phenoxy) is 1. The minimum absolute atomic E-state index is 0. The van der Waals surface area contributed by atoms with Gasteiger partial charge in [-0.15, -0.1) is 24.0 Å². The van der Waals surface area contributed by atoms with E-state index in [0.29, 0.717) is 13.1 Å². The fraction of sp³-hybridized carbons (Fsp3) is 0.400. The van der Waals surface area contributed by atoms with Crippen molar-refractivity contribution in [3.63, 3.8) is 0 Å². The number of hydrogen-bond donors (Lipinski definition) is 2. The van der Waals surface area contributed by atoms with Crippen molar-refractivity contribution in [1.82, 2.24) is 15.6 Å². The predicted molar refractivity (Wildman–Crippen MR) is 116 cm³/mol. The van der Waals surface area contributed by atoms with Crippen LogP contribution in [0.1, 0.15) is 29.7 Å². The molecule has 26 heavy (non-hydrogen) atoms. The molecule has 0 amide bonds. The first kappa shape index (κ1) is 20.5. The number of nitrogens with zero attached hydrogens (tertiary/aromatic N) is 2. The van der Waals surface area contributed by atoms with E-state index >= 15 is 0 Å². The van der Waals surface area contributed by atoms with Gasteiger partial charge in [0, 0.05) is 25.4 Å². The third kappa shape index (κ3) is 6.48. The summed E-state index contributed by atoms with van der Waals surface area (Å²) in [5.74, 6) is 2.47. The van der Waals surface area contributed by atoms with Crippen LogP contribution in [0.5, 0.6) is 5.75 Å². The van der Waals surface area contributed by atoms with Crippen LogP contribution in [0, 0.1) is 12.8 Å². The van der Waals surface area contributed by atoms with E-state index in [-0.39, 0.29) is 24.0 Å². The van der Waals surface area contributed by atoms with Crippen LogP contribution in [0.3, 0.4) is 0 Å². The van der Waals surface area contributed by atoms with Crippen LogP contribution in [-0.4, -0.2) is 24.6 Å². The lowest BCUT2D eigenvalue weighted by Crippen LogP contribution is -2.36. The SMILES string of the molecule is CN=C(NCc1ccccn1)NCc1ccc(C)cc1OCC1CC1.I. The molecule has 0 radical (unpaired) electrons. The predicted octanol–water partition coefficient (Wildman–Crippen LogP) is 3.66. The fourth-order valence-electron chi connectivity index (χ4n) is 2.51. The minimum Gasteiger partial charge on any atom is -0.493 e. The summed E-state index contributed by atoms with van der Waals surface area (Å²) in [4.78, 5) is 8.58. The molecule has 0 aliphatic heterocycles. The molecule has 0 atom stereocenters. The van der Waals surface area contributed by atoms with Gasteiger partial charge in [-0.1, -0.05) is 18.2 Å². The topological polar surface area (TPSA) is 58.5 Å². The number of aliphatic imine (C=N–C) groups is 1. The van der Waals surface area contributed by atoms with Crippen molar-refractivity contribution in [2.24, 2.45) is 10.9 Å². The first-order chi connectivity index (χ1) is 12.2. The van der Waals surface area contributed by atoms with Gasteiger partial charge in [0.15, 0.2) is 5.96 Å². The van der Waals surface area contributed by atoms with Crippen LogP contribution in [0.2, 0.25) is 0 Å². The maximum Gasteiger partial charge on any atom is 0.191 e. The lowest BCUT2D eigenvalue weighted by atomic mass is 10.1. The summed E-state index contributed by atoms with van der Waals surface area (Å²) in [6.45, 7) is 4.22. The summed E-state index contributed by atoms with van der Waals surface area (Å²) in [6.07, 6.45) is 4.38. The fourth-order valence-corrected chi connectivity index (χ4v) is 2.51. The van der Waals surface area contributed by atoms with Crippen LogP contribution in [-0.2, 0) is 13.1 Å². The molecule has 1 heterocycles. The van der Waals surface area contributed by atoms with E-state index < -0.39 is 0 Å². The highest BCUT2D eigenvalue weighted by Gasteiger charge is 2.22. The molecule has 1 aliphatic rings. The molecule has 0 saturated heterocycles. The van der Waals surface area contributed by atoms with Gasteiger partial charge in [-0.3, -0.25) is 9.98 Å². The Morgan fingerprint density at radius 3 is 2.69 bits per heavy atom. The Hall–Kier alpha value is -1.83. The van der Waals surface area contributed by atoms with Crippen molar-refractivity contribution in [3.05, 3.63) is 59.4 Å². The normalized spacial score (nSPS) is 13.7. The number of rotatable bonds is 7. The maximum absolute atomic E-state index is 6.03. The van der Waals surface area contributed by atoms with Crippen LogP contribution in [0.15, 0.2) is 47.6 Å². The number of benzene rings is 1. The highest BCUT2D eigenvalue weighted by Crippen LogP contribution is 2.30. The summed E-state index contributed by atoms with van der Waals surface area (Å²) in [5.41, 5.74) is 3.34. The number of nitrogens with one attached hydrogen (secondary N) is 2. The Balaban J connectivity index is 0.00000243. The third-order valence-electron chi connectivity index (χ3n) is 4.23. The standard InChI is InChI=1S/C20H26N4O.HI/c1-15-6-9-17(19(11-15)25-14-16-7-8-16)12-23-20(21-2)24-13-18-5-3-4-10-22-18;/h3-6,9-11,16H,7-8,12-14H2,1-2H3,(H2,21,23,24);1H. The van der Waals surface area contributed by atoms with E-state index in [1.807, 2.05) is 18.2 Å². The second-order valence-corrected chi connectivity index (χ2v) is 6.47. The quantitative estimate of drug-likeness (QED) is 0.372. The molecule has 3 rings (SSSR count). The van der Waals surface area contributed by atoms with E-state index in [1.54, 1.807) is 13.2 Å². The Bertz CT molecular complexity index is 717. The van der Waals surface area contributed by atoms with Crippen molar-refractivity contribution in [2.45, 2.75) is 32.9 Å². The van der Waals surface area contributed by atoms with Gasteiger partial charge in [0.1, 0.15) is 5.75 Å². The van der Waals surface area contributed by atoms with E-state index in [4.69, 9.17) is 4.74 Å². The first-order valence-corrected chi connectivity index (χ1v) is 8.81. The number of aryl methyl sites for hydroxylation is 1. The Morgan fingerprint density at radius 2 is 2.00 bits per heavy atom. The Morgan fingerprint density at radius 1 is 1.19 bits per heavy atom. The molecule has 1 saturated carbocycles. The van der Waals surface area contributed by atoms with Crippen LogP contribution in [0.25, 0.3) is 0 Å². The van der Waals surface area contributed by atoms with Gasteiger partial charge in [0.25, 0.3) is 0 Å². The van der Waals surface area contributed by atoms with Gasteiger partial charge in [0.2, 0.25) is 0 Å². The minimum atomic E-state index is 0. The van der Waals surface area contributed by atoms with Crippen LogP contribution >= 0.6 is 24.0 Å². The number of hydrogen-bond acceptors (Lipinski definition) is 3. The van der Waals surface area contributed by atoms with Crippen molar-refractivity contribution < 1.29 is 4.74 Å². The van der Waals surface area contributed by atoms with Crippen LogP contribution in [0.4, 0.5) is 0 Å². The average Bonchev–Trinajstić information content (AvgIpc) is 3.46. The van der Waals surface area contributed by atoms with Gasteiger partial charge in [-0.2, -0.15) is 0 Å². The molecular weight excluding hydrogens is 439 g/mol. The average molecular weight is 466 g/mol. The molecule has 140 valence electrons. The maximum atomic E-state index is 6.03. The molecule has 0 bridgehead atoms. The summed E-state index contributed by atoms with van der Waals surface area (Å²) in [6, 6.07) is 12.2. The molecule has 0 spiro atoms. The van der Waals surface area contributed by atoms with Gasteiger partial charge >= 0.3 is 0 Å². The van der Waals surface area contributed by atoms with Gasteiger partial charge in [0.05, 0.1) is 18.8 Å². The van der Waals surface area contributed by atoms with Crippen molar-refractivity contribution in [2.75, 3.05) is 13.7 Å². The van der Waals surface area contributed by atoms with E-state index in [1.165, 1.54) is 18.4 Å². The molecule has 2 aromatic rings. The second kappa shape index (κ2) is 10.4. The Labute approximate surface area is 172 Å².